The van der Waals surface area contributed by atoms with E-state index >= 15 is 0 Å². The Morgan fingerprint density at radius 3 is 2.68 bits per heavy atom. The Balaban J connectivity index is 2.23. The largest absolute Gasteiger partial charge is 0.493 e. The van der Waals surface area contributed by atoms with Crippen molar-refractivity contribution in [2.24, 2.45) is 5.10 Å². The van der Waals surface area contributed by atoms with Gasteiger partial charge in [-0.15, -0.1) is 0 Å². The lowest BCUT2D eigenvalue weighted by molar-refractivity contribution is 0.284. The zero-order valence-electron chi connectivity index (χ0n) is 12.3. The number of nitrogens with zero attached hydrogens (tertiary/aromatic N) is 1. The van der Waals surface area contributed by atoms with Crippen molar-refractivity contribution in [2.45, 2.75) is 6.61 Å². The Hall–Kier alpha value is -1.91. The number of rotatable bonds is 6. The minimum absolute atomic E-state index is 0.345. The van der Waals surface area contributed by atoms with Gasteiger partial charge in [0, 0.05) is 12.6 Å². The van der Waals surface area contributed by atoms with Crippen molar-refractivity contribution in [1.82, 2.24) is 5.43 Å². The summed E-state index contributed by atoms with van der Waals surface area (Å²) in [5.74, 6) is 1.26. The Morgan fingerprint density at radius 2 is 2.00 bits per heavy atom. The zero-order chi connectivity index (χ0) is 15.9. The number of hydrogen-bond donors (Lipinski definition) is 1. The number of halogens is 2. The van der Waals surface area contributed by atoms with Gasteiger partial charge in [0.25, 0.3) is 0 Å². The van der Waals surface area contributed by atoms with E-state index in [4.69, 9.17) is 32.7 Å². The third-order valence-electron chi connectivity index (χ3n) is 2.93. The standard InChI is InChI=1S/C16H16Cl2N2O2/c1-19-20-9-12-4-3-5-15(21-2)16(12)22-10-11-6-7-13(17)14(18)8-11/h3-9,19H,10H2,1-2H3/b20-9+. The highest BCUT2D eigenvalue weighted by atomic mass is 35.5. The second kappa shape index (κ2) is 7.92. The molecule has 0 spiro atoms. The lowest BCUT2D eigenvalue weighted by Crippen LogP contribution is -2.02. The Bertz CT molecular complexity index is 675. The van der Waals surface area contributed by atoms with Crippen LogP contribution in [0.3, 0.4) is 0 Å². The molecule has 6 heteroatoms. The van der Waals surface area contributed by atoms with E-state index in [1.54, 1.807) is 32.5 Å². The number of para-hydroxylation sites is 1. The van der Waals surface area contributed by atoms with Crippen LogP contribution in [0.15, 0.2) is 41.5 Å². The van der Waals surface area contributed by atoms with Gasteiger partial charge in [0.05, 0.1) is 23.4 Å². The molecular formula is C16H16Cl2N2O2. The van der Waals surface area contributed by atoms with Crippen LogP contribution in [0.2, 0.25) is 10.0 Å². The summed E-state index contributed by atoms with van der Waals surface area (Å²) in [6, 6.07) is 11.0. The summed E-state index contributed by atoms with van der Waals surface area (Å²) in [5.41, 5.74) is 4.44. The predicted molar refractivity (Wildman–Crippen MR) is 90.4 cm³/mol. The van der Waals surface area contributed by atoms with Crippen LogP contribution >= 0.6 is 23.2 Å². The average molecular weight is 339 g/mol. The van der Waals surface area contributed by atoms with Crippen molar-refractivity contribution in [3.8, 4) is 11.5 Å². The van der Waals surface area contributed by atoms with E-state index in [2.05, 4.69) is 10.5 Å². The van der Waals surface area contributed by atoms with Crippen LogP contribution < -0.4 is 14.9 Å². The number of methoxy groups -OCH3 is 1. The van der Waals surface area contributed by atoms with E-state index < -0.39 is 0 Å². The van der Waals surface area contributed by atoms with E-state index in [-0.39, 0.29) is 0 Å². The summed E-state index contributed by atoms with van der Waals surface area (Å²) in [6.45, 7) is 0.345. The molecule has 0 aliphatic heterocycles. The Kier molecular flexibility index (Phi) is 5.92. The molecule has 0 saturated carbocycles. The number of hydrogen-bond acceptors (Lipinski definition) is 4. The minimum atomic E-state index is 0.345. The highest BCUT2D eigenvalue weighted by Crippen LogP contribution is 2.31. The Morgan fingerprint density at radius 1 is 1.18 bits per heavy atom. The van der Waals surface area contributed by atoms with Gasteiger partial charge in [0.15, 0.2) is 11.5 Å². The van der Waals surface area contributed by atoms with E-state index in [9.17, 15) is 0 Å². The van der Waals surface area contributed by atoms with Gasteiger partial charge < -0.3 is 14.9 Å². The first-order valence-corrected chi connectivity index (χ1v) is 7.35. The molecule has 0 amide bonds. The summed E-state index contributed by atoms with van der Waals surface area (Å²) >= 11 is 11.9. The van der Waals surface area contributed by atoms with E-state index in [0.29, 0.717) is 28.2 Å². The topological polar surface area (TPSA) is 42.9 Å². The maximum atomic E-state index is 6.01. The monoisotopic (exact) mass is 338 g/mol. The molecule has 22 heavy (non-hydrogen) atoms. The van der Waals surface area contributed by atoms with E-state index in [0.717, 1.165) is 11.1 Å². The second-order valence-electron chi connectivity index (χ2n) is 4.40. The summed E-state index contributed by atoms with van der Waals surface area (Å²) in [4.78, 5) is 0. The number of benzene rings is 2. The van der Waals surface area contributed by atoms with Gasteiger partial charge >= 0.3 is 0 Å². The second-order valence-corrected chi connectivity index (χ2v) is 5.21. The fourth-order valence-electron chi connectivity index (χ4n) is 1.87. The van der Waals surface area contributed by atoms with Crippen molar-refractivity contribution >= 4 is 29.4 Å². The van der Waals surface area contributed by atoms with Gasteiger partial charge in [-0.2, -0.15) is 5.10 Å². The summed E-state index contributed by atoms with van der Waals surface area (Å²) in [6.07, 6.45) is 1.67. The fraction of sp³-hybridized carbons (Fsp3) is 0.188. The maximum Gasteiger partial charge on any atom is 0.170 e. The average Bonchev–Trinajstić information content (AvgIpc) is 2.54. The highest BCUT2D eigenvalue weighted by molar-refractivity contribution is 6.42. The molecule has 0 fully saturated rings. The molecular weight excluding hydrogens is 323 g/mol. The van der Waals surface area contributed by atoms with Crippen molar-refractivity contribution in [3.05, 3.63) is 57.6 Å². The van der Waals surface area contributed by atoms with E-state index in [1.165, 1.54) is 0 Å². The number of nitrogens with one attached hydrogen (secondary N) is 1. The first-order valence-electron chi connectivity index (χ1n) is 6.59. The molecule has 0 heterocycles. The molecule has 0 aromatic heterocycles. The molecule has 0 aliphatic rings. The Labute approximate surface area is 139 Å². The van der Waals surface area contributed by atoms with Crippen molar-refractivity contribution in [3.63, 3.8) is 0 Å². The van der Waals surface area contributed by atoms with Gasteiger partial charge in [-0.05, 0) is 29.8 Å². The van der Waals surface area contributed by atoms with Crippen LogP contribution in [-0.4, -0.2) is 20.4 Å². The molecule has 0 aliphatic carbocycles. The van der Waals surface area contributed by atoms with Crippen LogP contribution in [0, 0.1) is 0 Å². The lowest BCUT2D eigenvalue weighted by Gasteiger charge is -2.13. The molecule has 0 unspecified atom stereocenters. The molecule has 2 aromatic rings. The molecule has 116 valence electrons. The van der Waals surface area contributed by atoms with Gasteiger partial charge in [-0.1, -0.05) is 35.3 Å². The van der Waals surface area contributed by atoms with Crippen molar-refractivity contribution in [2.75, 3.05) is 14.2 Å². The molecule has 0 radical (unpaired) electrons. The van der Waals surface area contributed by atoms with E-state index in [1.807, 2.05) is 24.3 Å². The van der Waals surface area contributed by atoms with Crippen LogP contribution in [0.4, 0.5) is 0 Å². The molecule has 1 N–H and O–H groups in total. The predicted octanol–water partition coefficient (Wildman–Crippen LogP) is 4.13. The normalized spacial score (nSPS) is 10.7. The van der Waals surface area contributed by atoms with Gasteiger partial charge in [0.2, 0.25) is 0 Å². The first kappa shape index (κ1) is 16.5. The van der Waals surface area contributed by atoms with Crippen LogP contribution in [0.1, 0.15) is 11.1 Å². The van der Waals surface area contributed by atoms with Crippen LogP contribution in [-0.2, 0) is 6.61 Å². The van der Waals surface area contributed by atoms with Crippen molar-refractivity contribution in [1.29, 1.82) is 0 Å². The lowest BCUT2D eigenvalue weighted by atomic mass is 10.2. The minimum Gasteiger partial charge on any atom is -0.493 e. The summed E-state index contributed by atoms with van der Waals surface area (Å²) in [7, 11) is 3.33. The van der Waals surface area contributed by atoms with Gasteiger partial charge in [-0.25, -0.2) is 0 Å². The van der Waals surface area contributed by atoms with Gasteiger partial charge in [-0.3, -0.25) is 0 Å². The highest BCUT2D eigenvalue weighted by Gasteiger charge is 2.10. The first-order chi connectivity index (χ1) is 10.7. The fourth-order valence-corrected chi connectivity index (χ4v) is 2.19. The smallest absolute Gasteiger partial charge is 0.170 e. The summed E-state index contributed by atoms with van der Waals surface area (Å²) < 4.78 is 11.2. The molecule has 0 saturated heterocycles. The molecule has 4 nitrogen and oxygen atoms in total. The number of hydrazone groups is 1. The molecule has 2 rings (SSSR count). The maximum absolute atomic E-state index is 6.01. The molecule has 0 bridgehead atoms. The zero-order valence-corrected chi connectivity index (χ0v) is 13.8. The van der Waals surface area contributed by atoms with Crippen molar-refractivity contribution < 1.29 is 9.47 Å². The van der Waals surface area contributed by atoms with Crippen LogP contribution in [0.25, 0.3) is 0 Å². The van der Waals surface area contributed by atoms with Gasteiger partial charge in [0.1, 0.15) is 6.61 Å². The third kappa shape index (κ3) is 4.06. The van der Waals surface area contributed by atoms with Crippen LogP contribution in [0.5, 0.6) is 11.5 Å². The molecule has 0 atom stereocenters. The number of ether oxygens (including phenoxy) is 2. The molecule has 2 aromatic carbocycles. The SMILES string of the molecule is CN/N=C/c1cccc(OC)c1OCc1ccc(Cl)c(Cl)c1. The third-order valence-corrected chi connectivity index (χ3v) is 3.67. The summed E-state index contributed by atoms with van der Waals surface area (Å²) in [5, 5.41) is 5.03. The quantitative estimate of drug-likeness (QED) is 0.636.